The molecule has 0 amide bonds. The summed E-state index contributed by atoms with van der Waals surface area (Å²) < 4.78 is 7.78. The van der Waals surface area contributed by atoms with E-state index in [1.807, 2.05) is 12.1 Å². The summed E-state index contributed by atoms with van der Waals surface area (Å²) in [7, 11) is 1.69. The van der Waals surface area contributed by atoms with Crippen molar-refractivity contribution in [2.24, 2.45) is 0 Å². The molecule has 1 aliphatic carbocycles. The number of imidazole rings is 1. The van der Waals surface area contributed by atoms with Gasteiger partial charge in [0.25, 0.3) is 0 Å². The molecule has 1 atom stereocenters. The predicted octanol–water partition coefficient (Wildman–Crippen LogP) is 3.19. The van der Waals surface area contributed by atoms with Crippen LogP contribution in [-0.4, -0.2) is 40.7 Å². The summed E-state index contributed by atoms with van der Waals surface area (Å²) in [5.41, 5.74) is 2.08. The molecule has 1 saturated heterocycles. The summed E-state index contributed by atoms with van der Waals surface area (Å²) in [6, 6.07) is 7.43. The van der Waals surface area contributed by atoms with Crippen molar-refractivity contribution in [3.8, 4) is 5.75 Å². The second-order valence-corrected chi connectivity index (χ2v) is 6.30. The monoisotopic (exact) mass is 305 g/mol. The van der Waals surface area contributed by atoms with Crippen LogP contribution < -0.4 is 4.74 Å². The largest absolute Gasteiger partial charge is 0.494 e. The number of fused-ring (bicyclic) bond motifs is 1. The number of hydrogen-bond donors (Lipinski definition) is 0. The lowest BCUT2D eigenvalue weighted by atomic mass is 10.2. The molecule has 1 aliphatic heterocycles. The van der Waals surface area contributed by atoms with E-state index in [-0.39, 0.29) is 0 Å². The molecular formula is C16H20ClN3O. The average Bonchev–Trinajstić information content (AvgIpc) is 3.12. The Labute approximate surface area is 129 Å². The van der Waals surface area contributed by atoms with Gasteiger partial charge in [0, 0.05) is 25.2 Å². The fourth-order valence-electron chi connectivity index (χ4n) is 3.56. The van der Waals surface area contributed by atoms with Crippen LogP contribution in [0.5, 0.6) is 5.75 Å². The van der Waals surface area contributed by atoms with Crippen molar-refractivity contribution in [3.05, 3.63) is 24.0 Å². The van der Waals surface area contributed by atoms with E-state index >= 15 is 0 Å². The van der Waals surface area contributed by atoms with Crippen molar-refractivity contribution in [1.82, 2.24) is 14.5 Å². The summed E-state index contributed by atoms with van der Waals surface area (Å²) in [5, 5.41) is 0. The molecule has 1 saturated carbocycles. The maximum Gasteiger partial charge on any atom is 0.146 e. The number of benzene rings is 1. The Morgan fingerprint density at radius 2 is 2.14 bits per heavy atom. The van der Waals surface area contributed by atoms with Crippen LogP contribution >= 0.6 is 11.6 Å². The number of ether oxygens (including phenoxy) is 1. The van der Waals surface area contributed by atoms with Gasteiger partial charge < -0.3 is 9.30 Å². The zero-order valence-electron chi connectivity index (χ0n) is 12.3. The summed E-state index contributed by atoms with van der Waals surface area (Å²) in [6.45, 7) is 2.32. The van der Waals surface area contributed by atoms with Crippen LogP contribution in [0.3, 0.4) is 0 Å². The molecule has 0 N–H and O–H groups in total. The topological polar surface area (TPSA) is 30.3 Å². The van der Waals surface area contributed by atoms with E-state index < -0.39 is 0 Å². The van der Waals surface area contributed by atoms with Gasteiger partial charge in [0.2, 0.25) is 0 Å². The van der Waals surface area contributed by atoms with Crippen molar-refractivity contribution in [1.29, 1.82) is 0 Å². The second kappa shape index (κ2) is 5.18. The van der Waals surface area contributed by atoms with Crippen LogP contribution in [0.25, 0.3) is 11.0 Å². The highest BCUT2D eigenvalue weighted by atomic mass is 35.5. The van der Waals surface area contributed by atoms with Gasteiger partial charge >= 0.3 is 0 Å². The third-order valence-corrected chi connectivity index (χ3v) is 4.96. The first kappa shape index (κ1) is 13.4. The molecule has 5 heteroatoms. The molecule has 4 rings (SSSR count). The van der Waals surface area contributed by atoms with Gasteiger partial charge in [0.05, 0.1) is 18.5 Å². The Bertz CT molecular complexity index is 665. The molecule has 0 spiro atoms. The number of aromatic nitrogens is 2. The minimum absolute atomic E-state index is 0.442. The van der Waals surface area contributed by atoms with Gasteiger partial charge in [-0.3, -0.25) is 4.90 Å². The van der Waals surface area contributed by atoms with Gasteiger partial charge in [-0.2, -0.15) is 0 Å². The number of nitrogens with zero attached hydrogens (tertiary/aromatic N) is 3. The quantitative estimate of drug-likeness (QED) is 0.813. The van der Waals surface area contributed by atoms with E-state index in [0.29, 0.717) is 11.9 Å². The average molecular weight is 306 g/mol. The Morgan fingerprint density at radius 1 is 1.29 bits per heavy atom. The Balaban J connectivity index is 1.76. The van der Waals surface area contributed by atoms with Crippen LogP contribution in [-0.2, 0) is 5.88 Å². The van der Waals surface area contributed by atoms with Crippen molar-refractivity contribution >= 4 is 22.6 Å². The van der Waals surface area contributed by atoms with Crippen LogP contribution in [0.15, 0.2) is 18.2 Å². The standard InChI is InChI=1S/C16H20ClN3O/c1-21-14-4-2-3-13-16(14)18-15(9-17)20(13)12-7-8-19(10-12)11-5-6-11/h2-4,11-12H,5-10H2,1H3. The molecule has 2 aromatic rings. The number of para-hydroxylation sites is 1. The fraction of sp³-hybridized carbons (Fsp3) is 0.562. The molecular weight excluding hydrogens is 286 g/mol. The summed E-state index contributed by atoms with van der Waals surface area (Å²) in [4.78, 5) is 7.34. The number of likely N-dealkylation sites (tertiary alicyclic amines) is 1. The lowest BCUT2D eigenvalue weighted by Gasteiger charge is -2.18. The molecule has 0 bridgehead atoms. The number of halogens is 1. The fourth-order valence-corrected chi connectivity index (χ4v) is 3.74. The maximum absolute atomic E-state index is 6.15. The van der Waals surface area contributed by atoms with E-state index in [1.165, 1.54) is 25.8 Å². The predicted molar refractivity (Wildman–Crippen MR) is 84.1 cm³/mol. The SMILES string of the molecule is COc1cccc2c1nc(CCl)n2C1CCN(C2CC2)C1. The van der Waals surface area contributed by atoms with Crippen molar-refractivity contribution < 1.29 is 4.74 Å². The Hall–Kier alpha value is -1.26. The maximum atomic E-state index is 6.15. The summed E-state index contributed by atoms with van der Waals surface area (Å²) in [5.74, 6) is 2.23. The molecule has 1 aromatic heterocycles. The second-order valence-electron chi connectivity index (χ2n) is 6.03. The van der Waals surface area contributed by atoms with Gasteiger partial charge in [0.15, 0.2) is 0 Å². The molecule has 0 radical (unpaired) electrons. The molecule has 21 heavy (non-hydrogen) atoms. The first-order valence-electron chi connectivity index (χ1n) is 7.65. The molecule has 112 valence electrons. The smallest absolute Gasteiger partial charge is 0.146 e. The van der Waals surface area contributed by atoms with Crippen molar-refractivity contribution in [3.63, 3.8) is 0 Å². The normalized spacial score (nSPS) is 23.0. The molecule has 1 unspecified atom stereocenters. The van der Waals surface area contributed by atoms with Crippen LogP contribution in [0.2, 0.25) is 0 Å². The zero-order chi connectivity index (χ0) is 14.4. The Morgan fingerprint density at radius 3 is 2.86 bits per heavy atom. The third-order valence-electron chi connectivity index (χ3n) is 4.72. The van der Waals surface area contributed by atoms with Gasteiger partial charge in [-0.15, -0.1) is 11.6 Å². The molecule has 1 aromatic carbocycles. The van der Waals surface area contributed by atoms with Crippen molar-refractivity contribution in [2.45, 2.75) is 37.2 Å². The van der Waals surface area contributed by atoms with Crippen LogP contribution in [0.4, 0.5) is 0 Å². The molecule has 2 fully saturated rings. The van der Waals surface area contributed by atoms with Crippen LogP contribution in [0.1, 0.15) is 31.1 Å². The summed E-state index contributed by atoms with van der Waals surface area (Å²) in [6.07, 6.45) is 3.92. The van der Waals surface area contributed by atoms with E-state index in [4.69, 9.17) is 21.3 Å². The lowest BCUT2D eigenvalue weighted by molar-refractivity contribution is 0.314. The minimum Gasteiger partial charge on any atom is -0.494 e. The first-order chi connectivity index (χ1) is 10.3. The van der Waals surface area contributed by atoms with Crippen molar-refractivity contribution in [2.75, 3.05) is 20.2 Å². The van der Waals surface area contributed by atoms with Gasteiger partial charge in [-0.25, -0.2) is 4.98 Å². The molecule has 2 heterocycles. The number of rotatable bonds is 4. The summed E-state index contributed by atoms with van der Waals surface area (Å²) >= 11 is 6.15. The number of hydrogen-bond acceptors (Lipinski definition) is 3. The number of methoxy groups -OCH3 is 1. The van der Waals surface area contributed by atoms with Crippen LogP contribution in [0, 0.1) is 0 Å². The van der Waals surface area contributed by atoms with E-state index in [2.05, 4.69) is 15.5 Å². The first-order valence-corrected chi connectivity index (χ1v) is 8.19. The third kappa shape index (κ3) is 2.21. The van der Waals surface area contributed by atoms with E-state index in [1.54, 1.807) is 7.11 Å². The lowest BCUT2D eigenvalue weighted by Crippen LogP contribution is -2.24. The highest BCUT2D eigenvalue weighted by Gasteiger charge is 2.36. The van der Waals surface area contributed by atoms with Gasteiger partial charge in [-0.1, -0.05) is 6.07 Å². The van der Waals surface area contributed by atoms with E-state index in [9.17, 15) is 0 Å². The van der Waals surface area contributed by atoms with Gasteiger partial charge in [0.1, 0.15) is 17.1 Å². The number of alkyl halides is 1. The highest BCUT2D eigenvalue weighted by Crippen LogP contribution is 2.36. The molecule has 4 nitrogen and oxygen atoms in total. The Kier molecular flexibility index (Phi) is 3.31. The minimum atomic E-state index is 0.442. The highest BCUT2D eigenvalue weighted by molar-refractivity contribution is 6.16. The zero-order valence-corrected chi connectivity index (χ0v) is 13.0. The van der Waals surface area contributed by atoms with E-state index in [0.717, 1.165) is 35.2 Å². The molecule has 2 aliphatic rings. The van der Waals surface area contributed by atoms with Gasteiger partial charge in [-0.05, 0) is 31.4 Å².